The number of sulfonamides is 1. The minimum atomic E-state index is -3.54. The van der Waals surface area contributed by atoms with Gasteiger partial charge in [-0.1, -0.05) is 18.5 Å². The van der Waals surface area contributed by atoms with Gasteiger partial charge < -0.3 is 0 Å². The summed E-state index contributed by atoms with van der Waals surface area (Å²) in [6.07, 6.45) is 2.14. The predicted octanol–water partition coefficient (Wildman–Crippen LogP) is 2.84. The molecule has 0 amide bonds. The SMILES string of the molecule is CCc1ccsc1CNS(=O)(=O)c1ccc(Cl)nc1. The maximum Gasteiger partial charge on any atom is 0.242 e. The molecule has 4 nitrogen and oxygen atoms in total. The highest BCUT2D eigenvalue weighted by Crippen LogP contribution is 2.18. The van der Waals surface area contributed by atoms with Gasteiger partial charge in [0.1, 0.15) is 10.0 Å². The van der Waals surface area contributed by atoms with E-state index >= 15 is 0 Å². The second kappa shape index (κ2) is 6.00. The van der Waals surface area contributed by atoms with E-state index in [9.17, 15) is 8.42 Å². The van der Waals surface area contributed by atoms with Gasteiger partial charge in [-0.2, -0.15) is 0 Å². The van der Waals surface area contributed by atoms with Crippen molar-refractivity contribution in [2.45, 2.75) is 24.8 Å². The summed E-state index contributed by atoms with van der Waals surface area (Å²) in [5.41, 5.74) is 1.17. The number of thiophene rings is 1. The Labute approximate surface area is 121 Å². The fraction of sp³-hybridized carbons (Fsp3) is 0.250. The number of rotatable bonds is 5. The van der Waals surface area contributed by atoms with Crippen LogP contribution in [0, 0.1) is 0 Å². The Balaban J connectivity index is 2.12. The Morgan fingerprint density at radius 3 is 2.79 bits per heavy atom. The number of pyridine rings is 1. The molecule has 0 bridgehead atoms. The molecule has 0 saturated carbocycles. The van der Waals surface area contributed by atoms with Gasteiger partial charge in [0.05, 0.1) is 0 Å². The number of aryl methyl sites for hydroxylation is 1. The quantitative estimate of drug-likeness (QED) is 0.863. The monoisotopic (exact) mass is 316 g/mol. The average molecular weight is 317 g/mol. The van der Waals surface area contributed by atoms with Crippen molar-refractivity contribution in [3.63, 3.8) is 0 Å². The van der Waals surface area contributed by atoms with E-state index in [1.165, 1.54) is 23.9 Å². The molecule has 7 heteroatoms. The number of nitrogens with one attached hydrogen (secondary N) is 1. The van der Waals surface area contributed by atoms with Gasteiger partial charge in [-0.3, -0.25) is 0 Å². The molecule has 2 aromatic rings. The van der Waals surface area contributed by atoms with Crippen LogP contribution in [0.3, 0.4) is 0 Å². The number of nitrogens with zero attached hydrogens (tertiary/aromatic N) is 1. The van der Waals surface area contributed by atoms with Crippen molar-refractivity contribution in [1.29, 1.82) is 0 Å². The van der Waals surface area contributed by atoms with Crippen LogP contribution >= 0.6 is 22.9 Å². The Morgan fingerprint density at radius 1 is 1.37 bits per heavy atom. The van der Waals surface area contributed by atoms with Gasteiger partial charge in [-0.15, -0.1) is 11.3 Å². The van der Waals surface area contributed by atoms with Crippen molar-refractivity contribution in [1.82, 2.24) is 9.71 Å². The third-order valence-corrected chi connectivity index (χ3v) is 5.23. The molecule has 19 heavy (non-hydrogen) atoms. The standard InChI is InChI=1S/C12H13ClN2O2S2/c1-2-9-5-6-18-11(9)8-15-19(16,17)10-3-4-12(13)14-7-10/h3-7,15H,2,8H2,1H3. The van der Waals surface area contributed by atoms with Crippen molar-refractivity contribution in [3.05, 3.63) is 45.4 Å². The molecule has 0 atom stereocenters. The van der Waals surface area contributed by atoms with Crippen LogP contribution < -0.4 is 4.72 Å². The van der Waals surface area contributed by atoms with Crippen LogP contribution in [0.25, 0.3) is 0 Å². The van der Waals surface area contributed by atoms with Crippen LogP contribution in [0.1, 0.15) is 17.4 Å². The molecule has 0 aromatic carbocycles. The van der Waals surface area contributed by atoms with Gasteiger partial charge in [-0.25, -0.2) is 18.1 Å². The van der Waals surface area contributed by atoms with Crippen molar-refractivity contribution in [2.24, 2.45) is 0 Å². The summed E-state index contributed by atoms with van der Waals surface area (Å²) < 4.78 is 26.7. The zero-order valence-electron chi connectivity index (χ0n) is 10.3. The lowest BCUT2D eigenvalue weighted by atomic mass is 10.2. The molecular formula is C12H13ClN2O2S2. The fourth-order valence-electron chi connectivity index (χ4n) is 1.60. The zero-order valence-corrected chi connectivity index (χ0v) is 12.6. The van der Waals surface area contributed by atoms with Crippen molar-refractivity contribution in [3.8, 4) is 0 Å². The molecule has 102 valence electrons. The fourth-order valence-corrected chi connectivity index (χ4v) is 3.66. The lowest BCUT2D eigenvalue weighted by Gasteiger charge is -2.06. The van der Waals surface area contributed by atoms with Crippen molar-refractivity contribution >= 4 is 33.0 Å². The van der Waals surface area contributed by atoms with E-state index in [2.05, 4.69) is 9.71 Å². The smallest absolute Gasteiger partial charge is 0.242 e. The molecule has 0 aliphatic carbocycles. The number of aromatic nitrogens is 1. The van der Waals surface area contributed by atoms with E-state index in [4.69, 9.17) is 11.6 Å². The molecule has 2 heterocycles. The van der Waals surface area contributed by atoms with Crippen LogP contribution in [0.5, 0.6) is 0 Å². The topological polar surface area (TPSA) is 59.1 Å². The first kappa shape index (κ1) is 14.5. The molecule has 0 aliphatic rings. The maximum absolute atomic E-state index is 12.0. The lowest BCUT2D eigenvalue weighted by molar-refractivity contribution is 0.581. The van der Waals surface area contributed by atoms with Crippen LogP contribution in [0.4, 0.5) is 0 Å². The molecule has 0 aliphatic heterocycles. The van der Waals surface area contributed by atoms with Crippen LogP contribution in [0.2, 0.25) is 5.15 Å². The molecule has 0 spiro atoms. The Bertz CT molecular complexity index is 651. The normalized spacial score (nSPS) is 11.7. The first-order chi connectivity index (χ1) is 9.03. The molecule has 2 aromatic heterocycles. The van der Waals surface area contributed by atoms with E-state index < -0.39 is 10.0 Å². The summed E-state index contributed by atoms with van der Waals surface area (Å²) in [4.78, 5) is 4.93. The van der Waals surface area contributed by atoms with Gasteiger partial charge >= 0.3 is 0 Å². The molecule has 0 saturated heterocycles. The maximum atomic E-state index is 12.0. The second-order valence-electron chi connectivity index (χ2n) is 3.86. The molecule has 0 radical (unpaired) electrons. The molecule has 0 fully saturated rings. The number of hydrogen-bond acceptors (Lipinski definition) is 4. The lowest BCUT2D eigenvalue weighted by Crippen LogP contribution is -2.23. The number of hydrogen-bond donors (Lipinski definition) is 1. The third-order valence-electron chi connectivity index (χ3n) is 2.65. The van der Waals surface area contributed by atoms with Gasteiger partial charge in [0.25, 0.3) is 0 Å². The molecular weight excluding hydrogens is 304 g/mol. The van der Waals surface area contributed by atoms with Crippen LogP contribution in [-0.4, -0.2) is 13.4 Å². The Hall–Kier alpha value is -0.950. The van der Waals surface area contributed by atoms with E-state index in [-0.39, 0.29) is 10.0 Å². The van der Waals surface area contributed by atoms with Gasteiger partial charge in [0, 0.05) is 17.6 Å². The first-order valence-corrected chi connectivity index (χ1v) is 8.43. The number of halogens is 1. The van der Waals surface area contributed by atoms with E-state index in [0.717, 1.165) is 11.3 Å². The zero-order chi connectivity index (χ0) is 13.9. The summed E-state index contributed by atoms with van der Waals surface area (Å²) in [5, 5.41) is 2.23. The molecule has 0 unspecified atom stereocenters. The minimum absolute atomic E-state index is 0.117. The molecule has 2 rings (SSSR count). The summed E-state index contributed by atoms with van der Waals surface area (Å²) in [7, 11) is -3.54. The largest absolute Gasteiger partial charge is 0.243 e. The van der Waals surface area contributed by atoms with Gasteiger partial charge in [0.2, 0.25) is 10.0 Å². The summed E-state index contributed by atoms with van der Waals surface area (Å²) in [6.45, 7) is 2.34. The summed E-state index contributed by atoms with van der Waals surface area (Å²) in [6, 6.07) is 4.91. The summed E-state index contributed by atoms with van der Waals surface area (Å²) in [5.74, 6) is 0. The summed E-state index contributed by atoms with van der Waals surface area (Å²) >= 11 is 7.18. The van der Waals surface area contributed by atoms with E-state index in [1.54, 1.807) is 11.3 Å². The van der Waals surface area contributed by atoms with Gasteiger partial charge in [0.15, 0.2) is 0 Å². The minimum Gasteiger partial charge on any atom is -0.243 e. The van der Waals surface area contributed by atoms with Crippen molar-refractivity contribution in [2.75, 3.05) is 0 Å². The highest BCUT2D eigenvalue weighted by atomic mass is 35.5. The average Bonchev–Trinajstić information content (AvgIpc) is 2.84. The Morgan fingerprint density at radius 2 is 2.16 bits per heavy atom. The third kappa shape index (κ3) is 3.54. The van der Waals surface area contributed by atoms with Crippen LogP contribution in [0.15, 0.2) is 34.7 Å². The van der Waals surface area contributed by atoms with E-state index in [1.807, 2.05) is 18.4 Å². The second-order valence-corrected chi connectivity index (χ2v) is 7.02. The Kier molecular flexibility index (Phi) is 4.57. The van der Waals surface area contributed by atoms with E-state index in [0.29, 0.717) is 6.54 Å². The predicted molar refractivity (Wildman–Crippen MR) is 77.0 cm³/mol. The first-order valence-electron chi connectivity index (χ1n) is 5.69. The van der Waals surface area contributed by atoms with Gasteiger partial charge in [-0.05, 0) is 35.6 Å². The highest BCUT2D eigenvalue weighted by molar-refractivity contribution is 7.89. The highest BCUT2D eigenvalue weighted by Gasteiger charge is 2.15. The van der Waals surface area contributed by atoms with Crippen molar-refractivity contribution < 1.29 is 8.42 Å². The van der Waals surface area contributed by atoms with Crippen LogP contribution in [-0.2, 0) is 23.0 Å². The molecule has 1 N–H and O–H groups in total.